The number of aliphatic carboxylic acids is 1. The SMILES string of the molecule is CCC(CC(=O)O)c1cc(F)c(N(CC(C)C)CC(C)C)c(Nc2ccc(Cl)cc2)c1. The van der Waals surface area contributed by atoms with Gasteiger partial charge in [0.2, 0.25) is 0 Å². The second-order valence-electron chi connectivity index (χ2n) is 8.93. The number of rotatable bonds is 11. The predicted octanol–water partition coefficient (Wildman–Crippen LogP) is 7.31. The van der Waals surface area contributed by atoms with Crippen LogP contribution in [0.1, 0.15) is 58.9 Å². The Morgan fingerprint density at radius 2 is 1.68 bits per heavy atom. The molecule has 0 aromatic heterocycles. The lowest BCUT2D eigenvalue weighted by atomic mass is 9.92. The van der Waals surface area contributed by atoms with Crippen LogP contribution >= 0.6 is 11.6 Å². The number of anilines is 3. The normalized spacial score (nSPS) is 12.3. The average Bonchev–Trinajstić information content (AvgIpc) is 2.66. The zero-order valence-electron chi connectivity index (χ0n) is 19.1. The van der Waals surface area contributed by atoms with Gasteiger partial charge < -0.3 is 15.3 Å². The van der Waals surface area contributed by atoms with Crippen molar-refractivity contribution in [2.75, 3.05) is 23.3 Å². The zero-order chi connectivity index (χ0) is 23.1. The Hall–Kier alpha value is -2.27. The molecule has 2 aromatic rings. The summed E-state index contributed by atoms with van der Waals surface area (Å²) in [4.78, 5) is 13.4. The van der Waals surface area contributed by atoms with Crippen molar-refractivity contribution in [2.45, 2.75) is 53.4 Å². The largest absolute Gasteiger partial charge is 0.481 e. The van der Waals surface area contributed by atoms with Gasteiger partial charge in [-0.2, -0.15) is 0 Å². The first-order valence-corrected chi connectivity index (χ1v) is 11.3. The van der Waals surface area contributed by atoms with Crippen molar-refractivity contribution in [3.63, 3.8) is 0 Å². The first-order valence-electron chi connectivity index (χ1n) is 10.9. The molecule has 0 spiro atoms. The molecule has 0 heterocycles. The van der Waals surface area contributed by atoms with Crippen LogP contribution in [0.5, 0.6) is 0 Å². The quantitative estimate of drug-likeness (QED) is 0.378. The van der Waals surface area contributed by atoms with Crippen LogP contribution in [0.15, 0.2) is 36.4 Å². The predicted molar refractivity (Wildman–Crippen MR) is 128 cm³/mol. The summed E-state index contributed by atoms with van der Waals surface area (Å²) in [6.07, 6.45) is 0.588. The first-order chi connectivity index (χ1) is 14.6. The molecule has 0 amide bonds. The molecule has 1 atom stereocenters. The maximum Gasteiger partial charge on any atom is 0.303 e. The van der Waals surface area contributed by atoms with Crippen LogP contribution in [-0.4, -0.2) is 24.2 Å². The van der Waals surface area contributed by atoms with Gasteiger partial charge in [-0.1, -0.05) is 46.2 Å². The summed E-state index contributed by atoms with van der Waals surface area (Å²) in [6, 6.07) is 10.7. The van der Waals surface area contributed by atoms with Gasteiger partial charge in [0.1, 0.15) is 5.82 Å². The summed E-state index contributed by atoms with van der Waals surface area (Å²) in [5, 5.41) is 13.3. The highest BCUT2D eigenvalue weighted by Gasteiger charge is 2.23. The lowest BCUT2D eigenvalue weighted by Gasteiger charge is -2.31. The Morgan fingerprint density at radius 3 is 2.16 bits per heavy atom. The van der Waals surface area contributed by atoms with Gasteiger partial charge in [0.15, 0.2) is 0 Å². The highest BCUT2D eigenvalue weighted by Crippen LogP contribution is 2.37. The first kappa shape index (κ1) is 25.0. The van der Waals surface area contributed by atoms with Crippen molar-refractivity contribution in [3.05, 3.63) is 52.8 Å². The van der Waals surface area contributed by atoms with E-state index in [4.69, 9.17) is 11.6 Å². The van der Waals surface area contributed by atoms with Gasteiger partial charge in [-0.05, 0) is 66.1 Å². The molecule has 1 unspecified atom stereocenters. The van der Waals surface area contributed by atoms with E-state index in [0.717, 1.165) is 18.8 Å². The molecule has 0 aliphatic rings. The molecule has 0 bridgehead atoms. The fourth-order valence-electron chi connectivity index (χ4n) is 3.81. The third kappa shape index (κ3) is 7.42. The van der Waals surface area contributed by atoms with Gasteiger partial charge in [0.05, 0.1) is 17.8 Å². The van der Waals surface area contributed by atoms with E-state index in [1.54, 1.807) is 12.1 Å². The van der Waals surface area contributed by atoms with Crippen molar-refractivity contribution in [2.24, 2.45) is 11.8 Å². The molecular formula is C25H34ClFN2O2. The maximum absolute atomic E-state index is 15.6. The van der Waals surface area contributed by atoms with Crippen LogP contribution in [0, 0.1) is 17.7 Å². The fourth-order valence-corrected chi connectivity index (χ4v) is 3.93. The van der Waals surface area contributed by atoms with Crippen molar-refractivity contribution < 1.29 is 14.3 Å². The minimum absolute atomic E-state index is 0.0304. The maximum atomic E-state index is 15.6. The Balaban J connectivity index is 2.59. The van der Waals surface area contributed by atoms with Gasteiger partial charge in [-0.15, -0.1) is 0 Å². The number of carboxylic acids is 1. The zero-order valence-corrected chi connectivity index (χ0v) is 19.8. The minimum Gasteiger partial charge on any atom is -0.481 e. The van der Waals surface area contributed by atoms with Gasteiger partial charge in [0.25, 0.3) is 0 Å². The van der Waals surface area contributed by atoms with Crippen molar-refractivity contribution in [1.82, 2.24) is 0 Å². The number of nitrogens with zero attached hydrogens (tertiary/aromatic N) is 1. The number of carbonyl (C=O) groups is 1. The molecule has 0 radical (unpaired) electrons. The second-order valence-corrected chi connectivity index (χ2v) is 9.36. The molecule has 0 aliphatic heterocycles. The lowest BCUT2D eigenvalue weighted by molar-refractivity contribution is -0.137. The summed E-state index contributed by atoms with van der Waals surface area (Å²) in [6.45, 7) is 11.8. The molecule has 2 rings (SSSR count). The minimum atomic E-state index is -0.884. The van der Waals surface area contributed by atoms with E-state index in [1.165, 1.54) is 6.07 Å². The van der Waals surface area contributed by atoms with Gasteiger partial charge >= 0.3 is 5.97 Å². The molecule has 0 saturated carbocycles. The van der Waals surface area contributed by atoms with Crippen molar-refractivity contribution in [1.29, 1.82) is 0 Å². The Kier molecular flexibility index (Phi) is 9.17. The molecule has 0 saturated heterocycles. The van der Waals surface area contributed by atoms with Gasteiger partial charge in [-0.25, -0.2) is 4.39 Å². The molecule has 0 aliphatic carbocycles. The molecular weight excluding hydrogens is 415 g/mol. The summed E-state index contributed by atoms with van der Waals surface area (Å²) in [5.74, 6) is -0.757. The molecule has 6 heteroatoms. The van der Waals surface area contributed by atoms with E-state index in [2.05, 4.69) is 37.9 Å². The van der Waals surface area contributed by atoms with Crippen LogP contribution in [0.3, 0.4) is 0 Å². The van der Waals surface area contributed by atoms with E-state index in [9.17, 15) is 9.90 Å². The van der Waals surface area contributed by atoms with Gasteiger partial charge in [-0.3, -0.25) is 4.79 Å². The van der Waals surface area contributed by atoms with E-state index >= 15 is 4.39 Å². The number of nitrogens with one attached hydrogen (secondary N) is 1. The third-order valence-corrected chi connectivity index (χ3v) is 5.33. The molecule has 170 valence electrons. The van der Waals surface area contributed by atoms with Gasteiger partial charge in [0, 0.05) is 23.8 Å². The van der Waals surface area contributed by atoms with E-state index in [-0.39, 0.29) is 18.2 Å². The molecule has 0 fully saturated rings. The number of carboxylic acid groups (broad SMARTS) is 1. The van der Waals surface area contributed by atoms with Crippen LogP contribution < -0.4 is 10.2 Å². The van der Waals surface area contributed by atoms with E-state index in [0.29, 0.717) is 40.2 Å². The van der Waals surface area contributed by atoms with Crippen LogP contribution in [0.25, 0.3) is 0 Å². The standard InChI is InChI=1S/C25H34ClFN2O2/c1-6-18(13-24(30)31)19-11-22(27)25(29(14-16(2)3)15-17(4)5)23(12-19)28-21-9-7-20(26)8-10-21/h7-12,16-18,28H,6,13-15H2,1-5H3,(H,30,31). The smallest absolute Gasteiger partial charge is 0.303 e. The Morgan fingerprint density at radius 1 is 1.10 bits per heavy atom. The summed E-state index contributed by atoms with van der Waals surface area (Å²) >= 11 is 6.02. The molecule has 4 nitrogen and oxygen atoms in total. The Labute approximate surface area is 190 Å². The van der Waals surface area contributed by atoms with E-state index in [1.807, 2.05) is 25.1 Å². The lowest BCUT2D eigenvalue weighted by Crippen LogP contribution is -2.32. The fraction of sp³-hybridized carbons (Fsp3) is 0.480. The second kappa shape index (κ2) is 11.4. The van der Waals surface area contributed by atoms with Crippen LogP contribution in [-0.2, 0) is 4.79 Å². The molecule has 2 N–H and O–H groups in total. The van der Waals surface area contributed by atoms with Crippen molar-refractivity contribution in [3.8, 4) is 0 Å². The molecule has 2 aromatic carbocycles. The highest BCUT2D eigenvalue weighted by molar-refractivity contribution is 6.30. The third-order valence-electron chi connectivity index (χ3n) is 5.08. The molecule has 31 heavy (non-hydrogen) atoms. The summed E-state index contributed by atoms with van der Waals surface area (Å²) in [7, 11) is 0. The number of hydrogen-bond donors (Lipinski definition) is 2. The monoisotopic (exact) mass is 448 g/mol. The van der Waals surface area contributed by atoms with E-state index < -0.39 is 5.97 Å². The number of benzene rings is 2. The highest BCUT2D eigenvalue weighted by atomic mass is 35.5. The number of halogens is 2. The Bertz CT molecular complexity index is 859. The van der Waals surface area contributed by atoms with Crippen molar-refractivity contribution >= 4 is 34.6 Å². The topological polar surface area (TPSA) is 52.6 Å². The summed E-state index contributed by atoms with van der Waals surface area (Å²) < 4.78 is 15.6. The van der Waals surface area contributed by atoms with Crippen LogP contribution in [0.4, 0.5) is 21.5 Å². The number of hydrogen-bond acceptors (Lipinski definition) is 3. The average molecular weight is 449 g/mol. The summed E-state index contributed by atoms with van der Waals surface area (Å²) in [5.41, 5.74) is 2.65. The van der Waals surface area contributed by atoms with Crippen LogP contribution in [0.2, 0.25) is 5.02 Å².